The number of amides is 1. The lowest BCUT2D eigenvalue weighted by Crippen LogP contribution is -2.55. The van der Waals surface area contributed by atoms with E-state index in [4.69, 9.17) is 0 Å². The minimum atomic E-state index is -4.58. The third-order valence-electron chi connectivity index (χ3n) is 2.89. The van der Waals surface area contributed by atoms with E-state index in [1.165, 1.54) is 0 Å². The van der Waals surface area contributed by atoms with Crippen LogP contribution in [-0.2, 0) is 4.79 Å². The van der Waals surface area contributed by atoms with Crippen molar-refractivity contribution < 1.29 is 22.4 Å². The summed E-state index contributed by atoms with van der Waals surface area (Å²) in [6.07, 6.45) is -2.00. The van der Waals surface area contributed by atoms with Gasteiger partial charge in [-0.3, -0.25) is 4.79 Å². The van der Waals surface area contributed by atoms with Gasteiger partial charge in [-0.2, -0.15) is 8.78 Å². The summed E-state index contributed by atoms with van der Waals surface area (Å²) in [5, 5.41) is 2.78. The van der Waals surface area contributed by atoms with E-state index >= 15 is 0 Å². The van der Waals surface area contributed by atoms with Crippen molar-refractivity contribution in [2.24, 2.45) is 0 Å². The van der Waals surface area contributed by atoms with E-state index in [0.717, 1.165) is 11.3 Å². The Bertz CT molecular complexity index is 271. The van der Waals surface area contributed by atoms with Crippen LogP contribution < -0.4 is 5.32 Å². The molecule has 1 heterocycles. The lowest BCUT2D eigenvalue weighted by molar-refractivity contribution is -0.184. The summed E-state index contributed by atoms with van der Waals surface area (Å²) in [6, 6.07) is -0.425. The molecule has 1 fully saturated rings. The highest BCUT2D eigenvalue weighted by Gasteiger charge is 2.52. The molecule has 17 heavy (non-hydrogen) atoms. The van der Waals surface area contributed by atoms with Gasteiger partial charge in [0.15, 0.2) is 0 Å². The van der Waals surface area contributed by atoms with Gasteiger partial charge in [0, 0.05) is 19.1 Å². The smallest absolute Gasteiger partial charge is 0.333 e. The van der Waals surface area contributed by atoms with Crippen LogP contribution in [0.25, 0.3) is 0 Å². The van der Waals surface area contributed by atoms with E-state index in [1.54, 1.807) is 7.05 Å². The van der Waals surface area contributed by atoms with Gasteiger partial charge in [-0.15, -0.1) is 0 Å². The topological polar surface area (TPSA) is 32.3 Å². The van der Waals surface area contributed by atoms with Crippen molar-refractivity contribution in [2.45, 2.75) is 37.7 Å². The highest BCUT2D eigenvalue weighted by atomic mass is 19.3. The van der Waals surface area contributed by atoms with E-state index in [1.807, 2.05) is 0 Å². The Labute approximate surface area is 97.2 Å². The van der Waals surface area contributed by atoms with Crippen LogP contribution in [0.1, 0.15) is 19.3 Å². The minimum absolute atomic E-state index is 0.119. The molecule has 3 nitrogen and oxygen atoms in total. The van der Waals surface area contributed by atoms with Gasteiger partial charge in [-0.25, -0.2) is 8.78 Å². The standard InChI is InChI=1S/C10H16F4N2O/c1-15-6-7-4-2-3-5-16(7)9(17)10(13,14)8(11)12/h7-8,15H,2-6H2,1H3. The molecular formula is C10H16F4N2O. The Hall–Kier alpha value is -0.850. The van der Waals surface area contributed by atoms with Crippen LogP contribution >= 0.6 is 0 Å². The molecule has 0 radical (unpaired) electrons. The first kappa shape index (κ1) is 14.2. The largest absolute Gasteiger partial charge is 0.383 e. The van der Waals surface area contributed by atoms with Crippen LogP contribution in [0.4, 0.5) is 17.6 Å². The molecule has 0 aliphatic carbocycles. The van der Waals surface area contributed by atoms with Crippen molar-refractivity contribution in [3.05, 3.63) is 0 Å². The number of carbonyl (C=O) groups excluding carboxylic acids is 1. The number of rotatable bonds is 4. The fourth-order valence-electron chi connectivity index (χ4n) is 2.00. The molecule has 0 saturated carbocycles. The average molecular weight is 256 g/mol. The monoisotopic (exact) mass is 256 g/mol. The summed E-state index contributed by atoms with van der Waals surface area (Å²) in [5.41, 5.74) is 0. The Balaban J connectivity index is 2.77. The van der Waals surface area contributed by atoms with Crippen molar-refractivity contribution >= 4 is 5.91 Å². The average Bonchev–Trinajstić information content (AvgIpc) is 2.29. The van der Waals surface area contributed by atoms with Gasteiger partial charge in [-0.1, -0.05) is 0 Å². The summed E-state index contributed by atoms with van der Waals surface area (Å²) in [4.78, 5) is 12.3. The van der Waals surface area contributed by atoms with Crippen molar-refractivity contribution in [2.75, 3.05) is 20.1 Å². The van der Waals surface area contributed by atoms with Gasteiger partial charge < -0.3 is 10.2 Å². The summed E-state index contributed by atoms with van der Waals surface area (Å²) in [7, 11) is 1.63. The van der Waals surface area contributed by atoms with Crippen molar-refractivity contribution in [3.8, 4) is 0 Å². The zero-order valence-electron chi connectivity index (χ0n) is 9.56. The molecule has 0 bridgehead atoms. The number of hydrogen-bond donors (Lipinski definition) is 1. The van der Waals surface area contributed by atoms with Crippen LogP contribution in [-0.4, -0.2) is 49.3 Å². The van der Waals surface area contributed by atoms with E-state index in [-0.39, 0.29) is 6.54 Å². The minimum Gasteiger partial charge on any atom is -0.333 e. The molecule has 0 aromatic heterocycles. The first-order chi connectivity index (χ1) is 7.91. The highest BCUT2D eigenvalue weighted by Crippen LogP contribution is 2.28. The van der Waals surface area contributed by atoms with Gasteiger partial charge in [0.05, 0.1) is 0 Å². The van der Waals surface area contributed by atoms with Crippen LogP contribution in [0.3, 0.4) is 0 Å². The number of piperidine rings is 1. The molecule has 1 unspecified atom stereocenters. The third kappa shape index (κ3) is 3.08. The van der Waals surface area contributed by atoms with E-state index in [9.17, 15) is 22.4 Å². The fraction of sp³-hybridized carbons (Fsp3) is 0.900. The Morgan fingerprint density at radius 3 is 2.65 bits per heavy atom. The molecule has 1 atom stereocenters. The molecule has 1 aliphatic heterocycles. The number of likely N-dealkylation sites (tertiary alicyclic amines) is 1. The maximum Gasteiger partial charge on any atom is 0.383 e. The zero-order chi connectivity index (χ0) is 13.1. The molecule has 1 saturated heterocycles. The molecule has 0 aromatic carbocycles. The second kappa shape index (κ2) is 5.66. The molecule has 100 valence electrons. The number of nitrogens with one attached hydrogen (secondary N) is 1. The first-order valence-corrected chi connectivity index (χ1v) is 5.53. The number of alkyl halides is 4. The van der Waals surface area contributed by atoms with Crippen LogP contribution in [0, 0.1) is 0 Å². The molecule has 7 heteroatoms. The van der Waals surface area contributed by atoms with Crippen molar-refractivity contribution in [3.63, 3.8) is 0 Å². The summed E-state index contributed by atoms with van der Waals surface area (Å²) in [5.74, 6) is -6.34. The number of nitrogens with zero attached hydrogens (tertiary/aromatic N) is 1. The maximum atomic E-state index is 13.0. The van der Waals surface area contributed by atoms with Crippen LogP contribution in [0.15, 0.2) is 0 Å². The normalized spacial score (nSPS) is 22.0. The first-order valence-electron chi connectivity index (χ1n) is 5.53. The third-order valence-corrected chi connectivity index (χ3v) is 2.89. The Morgan fingerprint density at radius 2 is 2.12 bits per heavy atom. The lowest BCUT2D eigenvalue weighted by atomic mass is 10.0. The summed E-state index contributed by atoms with van der Waals surface area (Å²) in [6.45, 7) is 0.457. The van der Waals surface area contributed by atoms with Crippen molar-refractivity contribution in [1.29, 1.82) is 0 Å². The molecule has 1 rings (SSSR count). The van der Waals surface area contributed by atoms with E-state index < -0.39 is 24.3 Å². The van der Waals surface area contributed by atoms with Gasteiger partial charge in [0.25, 0.3) is 5.91 Å². The predicted molar refractivity (Wildman–Crippen MR) is 54.2 cm³/mol. The number of carbonyl (C=O) groups is 1. The van der Waals surface area contributed by atoms with Crippen LogP contribution in [0.5, 0.6) is 0 Å². The number of hydrogen-bond acceptors (Lipinski definition) is 2. The summed E-state index contributed by atoms with van der Waals surface area (Å²) >= 11 is 0. The second-order valence-corrected chi connectivity index (χ2v) is 4.13. The van der Waals surface area contributed by atoms with E-state index in [0.29, 0.717) is 19.4 Å². The zero-order valence-corrected chi connectivity index (χ0v) is 9.56. The quantitative estimate of drug-likeness (QED) is 0.773. The molecule has 0 aromatic rings. The highest BCUT2D eigenvalue weighted by molar-refractivity contribution is 5.84. The Morgan fingerprint density at radius 1 is 1.47 bits per heavy atom. The maximum absolute atomic E-state index is 13.0. The predicted octanol–water partition coefficient (Wildman–Crippen LogP) is 1.49. The summed E-state index contributed by atoms with van der Waals surface area (Å²) < 4.78 is 50.2. The number of likely N-dealkylation sites (N-methyl/N-ethyl adjacent to an activating group) is 1. The second-order valence-electron chi connectivity index (χ2n) is 4.13. The molecule has 1 aliphatic rings. The van der Waals surface area contributed by atoms with Gasteiger partial charge in [0.2, 0.25) is 0 Å². The number of halogens is 4. The van der Waals surface area contributed by atoms with Crippen LogP contribution in [0.2, 0.25) is 0 Å². The SMILES string of the molecule is CNCC1CCCCN1C(=O)C(F)(F)C(F)F. The molecule has 1 N–H and O–H groups in total. The van der Waals surface area contributed by atoms with Crippen molar-refractivity contribution in [1.82, 2.24) is 10.2 Å². The molecule has 1 amide bonds. The van der Waals surface area contributed by atoms with Gasteiger partial charge in [0.1, 0.15) is 0 Å². The molecule has 0 spiro atoms. The van der Waals surface area contributed by atoms with Gasteiger partial charge in [-0.05, 0) is 26.3 Å². The Kier molecular flexibility index (Phi) is 4.73. The molecular weight excluding hydrogens is 240 g/mol. The van der Waals surface area contributed by atoms with Gasteiger partial charge >= 0.3 is 12.3 Å². The fourth-order valence-corrected chi connectivity index (χ4v) is 2.00. The lowest BCUT2D eigenvalue weighted by Gasteiger charge is -2.37. The van der Waals surface area contributed by atoms with E-state index in [2.05, 4.69) is 5.32 Å².